The van der Waals surface area contributed by atoms with Gasteiger partial charge in [-0.05, 0) is 49.4 Å². The molecular weight excluding hydrogens is 413 g/mol. The molecule has 27 heavy (non-hydrogen) atoms. The first-order valence-corrected chi connectivity index (χ1v) is 9.05. The maximum absolute atomic E-state index is 11.9. The molecule has 0 fully saturated rings. The number of amides is 1. The lowest BCUT2D eigenvalue weighted by molar-refractivity contribution is 0.115. The fraction of sp³-hybridized carbons (Fsp3) is 0.167. The maximum atomic E-state index is 11.9. The van der Waals surface area contributed by atoms with Gasteiger partial charge >= 0.3 is 6.09 Å². The lowest BCUT2D eigenvalue weighted by Gasteiger charge is -2.12. The molecule has 1 aromatic heterocycles. The van der Waals surface area contributed by atoms with Crippen LogP contribution in [-0.2, 0) is 11.2 Å². The molecule has 0 aliphatic rings. The van der Waals surface area contributed by atoms with Crippen molar-refractivity contribution in [1.82, 2.24) is 10.1 Å². The number of nitrogens with zero attached hydrogens (tertiary/aromatic N) is 2. The van der Waals surface area contributed by atoms with Crippen LogP contribution in [0.1, 0.15) is 12.8 Å². The van der Waals surface area contributed by atoms with E-state index in [1.54, 1.807) is 49.4 Å². The van der Waals surface area contributed by atoms with Crippen molar-refractivity contribution in [3.63, 3.8) is 0 Å². The number of halogens is 3. The normalized spacial score (nSPS) is 11.9. The summed E-state index contributed by atoms with van der Waals surface area (Å²) in [5, 5.41) is 8.03. The summed E-state index contributed by atoms with van der Waals surface area (Å²) in [4.78, 5) is 16.2. The third kappa shape index (κ3) is 5.35. The SMILES string of the molecule is CC(Cc1nc(-c2ccc(Cl)cc2Cl)no1)OC(=O)Nc1ccc(Cl)cc1. The fourth-order valence-electron chi connectivity index (χ4n) is 2.27. The molecule has 2 aromatic carbocycles. The Balaban J connectivity index is 1.58. The summed E-state index contributed by atoms with van der Waals surface area (Å²) in [6.45, 7) is 1.72. The van der Waals surface area contributed by atoms with Crippen molar-refractivity contribution in [1.29, 1.82) is 0 Å². The minimum absolute atomic E-state index is 0.256. The van der Waals surface area contributed by atoms with E-state index in [1.807, 2.05) is 0 Å². The van der Waals surface area contributed by atoms with Crippen LogP contribution >= 0.6 is 34.8 Å². The molecule has 0 saturated heterocycles. The molecule has 1 amide bonds. The average Bonchev–Trinajstić information content (AvgIpc) is 3.04. The zero-order valence-corrected chi connectivity index (χ0v) is 16.3. The molecule has 0 radical (unpaired) electrons. The van der Waals surface area contributed by atoms with Crippen LogP contribution in [0.15, 0.2) is 47.0 Å². The number of hydrogen-bond donors (Lipinski definition) is 1. The van der Waals surface area contributed by atoms with Gasteiger partial charge in [-0.2, -0.15) is 4.98 Å². The summed E-state index contributed by atoms with van der Waals surface area (Å²) in [6, 6.07) is 11.7. The lowest BCUT2D eigenvalue weighted by atomic mass is 10.2. The molecule has 0 spiro atoms. The molecule has 1 N–H and O–H groups in total. The summed E-state index contributed by atoms with van der Waals surface area (Å²) >= 11 is 17.8. The van der Waals surface area contributed by atoms with Crippen LogP contribution in [0.4, 0.5) is 10.5 Å². The molecule has 0 saturated carbocycles. The monoisotopic (exact) mass is 425 g/mol. The summed E-state index contributed by atoms with van der Waals surface area (Å²) in [6.07, 6.45) is -0.816. The average molecular weight is 427 g/mol. The number of anilines is 1. The van der Waals surface area contributed by atoms with Gasteiger partial charge in [0.2, 0.25) is 11.7 Å². The number of ether oxygens (including phenoxy) is 1. The summed E-state index contributed by atoms with van der Waals surface area (Å²) in [5.41, 5.74) is 1.18. The highest BCUT2D eigenvalue weighted by Crippen LogP contribution is 2.28. The number of carbonyl (C=O) groups excluding carboxylic acids is 1. The highest BCUT2D eigenvalue weighted by molar-refractivity contribution is 6.36. The Morgan fingerprint density at radius 3 is 2.56 bits per heavy atom. The molecule has 3 aromatic rings. The van der Waals surface area contributed by atoms with Crippen molar-refractivity contribution in [2.24, 2.45) is 0 Å². The van der Waals surface area contributed by atoms with Gasteiger partial charge in [0, 0.05) is 21.3 Å². The van der Waals surface area contributed by atoms with E-state index in [-0.39, 0.29) is 6.42 Å². The van der Waals surface area contributed by atoms with Crippen molar-refractivity contribution in [3.05, 3.63) is 63.4 Å². The van der Waals surface area contributed by atoms with Crippen LogP contribution in [0.25, 0.3) is 11.4 Å². The molecule has 0 aliphatic heterocycles. The summed E-state index contributed by atoms with van der Waals surface area (Å²) < 4.78 is 10.5. The minimum Gasteiger partial charge on any atom is -0.446 e. The van der Waals surface area contributed by atoms with E-state index >= 15 is 0 Å². The van der Waals surface area contributed by atoms with Gasteiger partial charge < -0.3 is 9.26 Å². The second-order valence-electron chi connectivity index (χ2n) is 5.69. The first-order chi connectivity index (χ1) is 12.9. The molecule has 1 unspecified atom stereocenters. The smallest absolute Gasteiger partial charge is 0.411 e. The Hall–Kier alpha value is -2.28. The first kappa shape index (κ1) is 19.5. The van der Waals surface area contributed by atoms with Crippen LogP contribution in [0.2, 0.25) is 15.1 Å². The first-order valence-electron chi connectivity index (χ1n) is 7.92. The fourth-order valence-corrected chi connectivity index (χ4v) is 2.89. The minimum atomic E-state index is -0.592. The number of carbonyl (C=O) groups is 1. The van der Waals surface area contributed by atoms with Crippen molar-refractivity contribution in [2.45, 2.75) is 19.4 Å². The van der Waals surface area contributed by atoms with Gasteiger partial charge in [-0.25, -0.2) is 4.79 Å². The van der Waals surface area contributed by atoms with Crippen LogP contribution in [0.3, 0.4) is 0 Å². The van der Waals surface area contributed by atoms with Gasteiger partial charge in [0.1, 0.15) is 6.10 Å². The molecule has 140 valence electrons. The van der Waals surface area contributed by atoms with E-state index in [2.05, 4.69) is 15.5 Å². The van der Waals surface area contributed by atoms with Gasteiger partial charge in [-0.3, -0.25) is 5.32 Å². The van der Waals surface area contributed by atoms with Gasteiger partial charge in [-0.15, -0.1) is 0 Å². The predicted octanol–water partition coefficient (Wildman–Crippen LogP) is 5.88. The third-order valence-electron chi connectivity index (χ3n) is 3.50. The van der Waals surface area contributed by atoms with E-state index in [9.17, 15) is 4.79 Å². The highest BCUT2D eigenvalue weighted by atomic mass is 35.5. The zero-order chi connectivity index (χ0) is 19.4. The quantitative estimate of drug-likeness (QED) is 0.551. The Kier molecular flexibility index (Phi) is 6.21. The largest absolute Gasteiger partial charge is 0.446 e. The summed E-state index contributed by atoms with van der Waals surface area (Å²) in [5.74, 6) is 0.660. The third-order valence-corrected chi connectivity index (χ3v) is 4.30. The Morgan fingerprint density at radius 1 is 1.15 bits per heavy atom. The van der Waals surface area contributed by atoms with E-state index in [4.69, 9.17) is 44.1 Å². The van der Waals surface area contributed by atoms with Crippen molar-refractivity contribution >= 4 is 46.6 Å². The maximum Gasteiger partial charge on any atom is 0.411 e. The van der Waals surface area contributed by atoms with Crippen molar-refractivity contribution in [2.75, 3.05) is 5.32 Å². The van der Waals surface area contributed by atoms with Crippen molar-refractivity contribution in [3.8, 4) is 11.4 Å². The van der Waals surface area contributed by atoms with Crippen molar-refractivity contribution < 1.29 is 14.1 Å². The van der Waals surface area contributed by atoms with Crippen LogP contribution in [0.5, 0.6) is 0 Å². The van der Waals surface area contributed by atoms with E-state index in [0.717, 1.165) is 0 Å². The number of nitrogens with one attached hydrogen (secondary N) is 1. The predicted molar refractivity (Wildman–Crippen MR) is 104 cm³/mol. The second-order valence-corrected chi connectivity index (χ2v) is 6.97. The zero-order valence-electron chi connectivity index (χ0n) is 14.1. The van der Waals surface area contributed by atoms with Crippen LogP contribution in [0, 0.1) is 0 Å². The molecule has 1 atom stereocenters. The standard InChI is InChI=1S/C18H14Cl3N3O3/c1-10(26-18(25)22-13-5-2-11(19)3-6-13)8-16-23-17(24-27-16)14-7-4-12(20)9-15(14)21/h2-7,9-10H,8H2,1H3,(H,22,25). The van der Waals surface area contributed by atoms with E-state index in [1.165, 1.54) is 0 Å². The highest BCUT2D eigenvalue weighted by Gasteiger charge is 2.17. The summed E-state index contributed by atoms with van der Waals surface area (Å²) in [7, 11) is 0. The Labute approximate surface area is 170 Å². The van der Waals surface area contributed by atoms with E-state index in [0.29, 0.717) is 38.0 Å². The van der Waals surface area contributed by atoms with Gasteiger partial charge in [0.25, 0.3) is 0 Å². The van der Waals surface area contributed by atoms with Crippen LogP contribution < -0.4 is 5.32 Å². The van der Waals surface area contributed by atoms with Gasteiger partial charge in [-0.1, -0.05) is 40.0 Å². The Morgan fingerprint density at radius 2 is 1.85 bits per heavy atom. The molecule has 0 aliphatic carbocycles. The molecule has 0 bridgehead atoms. The number of aromatic nitrogens is 2. The van der Waals surface area contributed by atoms with Gasteiger partial charge in [0.05, 0.1) is 11.4 Å². The number of rotatable bonds is 5. The van der Waals surface area contributed by atoms with Gasteiger partial charge in [0.15, 0.2) is 0 Å². The molecule has 1 heterocycles. The topological polar surface area (TPSA) is 77.2 Å². The second kappa shape index (κ2) is 8.61. The number of hydrogen-bond acceptors (Lipinski definition) is 5. The van der Waals surface area contributed by atoms with E-state index < -0.39 is 12.2 Å². The lowest BCUT2D eigenvalue weighted by Crippen LogP contribution is -2.22. The molecule has 6 nitrogen and oxygen atoms in total. The Bertz CT molecular complexity index is 945. The van der Waals surface area contributed by atoms with Crippen LogP contribution in [-0.4, -0.2) is 22.3 Å². The molecule has 9 heteroatoms. The number of benzene rings is 2. The molecular formula is C18H14Cl3N3O3. The molecule has 3 rings (SSSR count).